The number of Topliss-reactive ketones (excluding diaryl/α,β-unsaturated/α-hetero) is 1. The van der Waals surface area contributed by atoms with Crippen LogP contribution in [0.25, 0.3) is 5.76 Å². The van der Waals surface area contributed by atoms with Gasteiger partial charge in [0.25, 0.3) is 0 Å². The first-order valence-corrected chi connectivity index (χ1v) is 17.0. The van der Waals surface area contributed by atoms with Crippen molar-refractivity contribution in [3.8, 4) is 0 Å². The van der Waals surface area contributed by atoms with Crippen LogP contribution in [0.15, 0.2) is 35.9 Å². The van der Waals surface area contributed by atoms with Crippen LogP contribution in [-0.2, 0) is 18.4 Å². The van der Waals surface area contributed by atoms with Crippen LogP contribution in [0, 0.1) is 0 Å². The second kappa shape index (κ2) is 8.62. The highest BCUT2D eigenvalue weighted by molar-refractivity contribution is 6.74. The van der Waals surface area contributed by atoms with Crippen molar-refractivity contribution in [2.45, 2.75) is 90.3 Å². The molecule has 1 heterocycles. The minimum atomic E-state index is -2.08. The summed E-state index contributed by atoms with van der Waals surface area (Å²) in [6, 6.07) is 9.84. The molecule has 174 valence electrons. The molecule has 0 saturated heterocycles. The van der Waals surface area contributed by atoms with Gasteiger partial charge in [-0.1, -0.05) is 71.9 Å². The van der Waals surface area contributed by atoms with Gasteiger partial charge in [0.15, 0.2) is 16.6 Å². The third-order valence-corrected chi connectivity index (χ3v) is 16.3. The smallest absolute Gasteiger partial charge is 0.214 e. The van der Waals surface area contributed by atoms with E-state index >= 15 is 0 Å². The summed E-state index contributed by atoms with van der Waals surface area (Å²) in [7, 11) is -4.16. The molecule has 31 heavy (non-hydrogen) atoms. The lowest BCUT2D eigenvalue weighted by molar-refractivity contribution is -0.136. The van der Waals surface area contributed by atoms with Crippen LogP contribution in [0.2, 0.25) is 36.3 Å². The van der Waals surface area contributed by atoms with E-state index in [1.165, 1.54) is 0 Å². The predicted octanol–water partition coefficient (Wildman–Crippen LogP) is 6.80. The molecule has 0 aromatic heterocycles. The summed E-state index contributed by atoms with van der Waals surface area (Å²) in [5.41, 5.74) is 0.416. The molecule has 0 unspecified atom stereocenters. The summed E-state index contributed by atoms with van der Waals surface area (Å²) in [4.78, 5) is 13.6. The first-order valence-electron chi connectivity index (χ1n) is 11.2. The van der Waals surface area contributed by atoms with E-state index in [2.05, 4.69) is 67.7 Å². The number of benzene rings is 1. The molecule has 0 fully saturated rings. The Labute approximate surface area is 191 Å². The highest BCUT2D eigenvalue weighted by atomic mass is 28.4. The molecule has 4 nitrogen and oxygen atoms in total. The van der Waals surface area contributed by atoms with Crippen LogP contribution in [0.3, 0.4) is 0 Å². The van der Waals surface area contributed by atoms with Crippen LogP contribution in [-0.4, -0.2) is 41.2 Å². The van der Waals surface area contributed by atoms with Crippen molar-refractivity contribution in [2.24, 2.45) is 0 Å². The largest absolute Gasteiger partial charge is 0.473 e. The number of rotatable bonds is 7. The molecule has 0 aliphatic carbocycles. The summed E-state index contributed by atoms with van der Waals surface area (Å²) < 4.78 is 19.6. The summed E-state index contributed by atoms with van der Waals surface area (Å²) >= 11 is 0. The third kappa shape index (κ3) is 5.41. The first kappa shape index (κ1) is 26.0. The lowest BCUT2D eigenvalue weighted by Gasteiger charge is -2.41. The van der Waals surface area contributed by atoms with Crippen molar-refractivity contribution >= 4 is 28.2 Å². The minimum Gasteiger partial charge on any atom is -0.473 e. The molecule has 0 saturated carbocycles. The summed E-state index contributed by atoms with van der Waals surface area (Å²) in [6.07, 6.45) is 0. The molecule has 0 radical (unpaired) electrons. The van der Waals surface area contributed by atoms with Gasteiger partial charge in [-0.15, -0.1) is 0 Å². The maximum atomic E-state index is 13.6. The van der Waals surface area contributed by atoms with E-state index in [0.29, 0.717) is 11.3 Å². The van der Waals surface area contributed by atoms with Crippen LogP contribution in [0.1, 0.15) is 54.0 Å². The molecule has 1 aliphatic rings. The van der Waals surface area contributed by atoms with Gasteiger partial charge in [0.2, 0.25) is 11.4 Å². The van der Waals surface area contributed by atoms with E-state index in [9.17, 15) is 4.79 Å². The molecule has 0 amide bonds. The minimum absolute atomic E-state index is 0.0243. The zero-order valence-corrected chi connectivity index (χ0v) is 23.4. The quantitative estimate of drug-likeness (QED) is 0.418. The lowest BCUT2D eigenvalue weighted by Crippen LogP contribution is -2.54. The first-order chi connectivity index (χ1) is 13.9. The van der Waals surface area contributed by atoms with Gasteiger partial charge >= 0.3 is 0 Å². The molecule has 1 aliphatic heterocycles. The summed E-state index contributed by atoms with van der Waals surface area (Å²) in [6.45, 7) is 24.3. The maximum absolute atomic E-state index is 13.6. The van der Waals surface area contributed by atoms with Gasteiger partial charge in [-0.05, 0) is 43.2 Å². The van der Waals surface area contributed by atoms with E-state index in [1.54, 1.807) is 0 Å². The topological polar surface area (TPSA) is 44.8 Å². The molecule has 6 heteroatoms. The molecular formula is C25H42O4Si2. The van der Waals surface area contributed by atoms with Crippen LogP contribution in [0.4, 0.5) is 0 Å². The van der Waals surface area contributed by atoms with Crippen molar-refractivity contribution in [3.05, 3.63) is 41.5 Å². The Morgan fingerprint density at radius 2 is 1.26 bits per heavy atom. The second-order valence-electron chi connectivity index (χ2n) is 11.8. The highest BCUT2D eigenvalue weighted by Crippen LogP contribution is 2.43. The normalized spacial score (nSPS) is 17.8. The van der Waals surface area contributed by atoms with Gasteiger partial charge < -0.3 is 13.6 Å². The maximum Gasteiger partial charge on any atom is 0.214 e. The van der Waals surface area contributed by atoms with Crippen molar-refractivity contribution in [2.75, 3.05) is 13.2 Å². The SMILES string of the molecule is CC1=C(c2ccccc2)OC(CO[Si](C)(C)C(C)(C)C)(CO[Si](C)(C)C(C)(C)C)C1=O. The van der Waals surface area contributed by atoms with Gasteiger partial charge in [-0.2, -0.15) is 0 Å². The fourth-order valence-corrected chi connectivity index (χ4v) is 4.94. The van der Waals surface area contributed by atoms with E-state index in [0.717, 1.165) is 5.56 Å². The average Bonchev–Trinajstić information content (AvgIpc) is 2.90. The second-order valence-corrected chi connectivity index (χ2v) is 21.5. The van der Waals surface area contributed by atoms with Gasteiger partial charge in [-0.3, -0.25) is 4.79 Å². The molecule has 0 spiro atoms. The van der Waals surface area contributed by atoms with Crippen molar-refractivity contribution in [1.29, 1.82) is 0 Å². The predicted molar refractivity (Wildman–Crippen MR) is 134 cm³/mol. The van der Waals surface area contributed by atoms with Crippen molar-refractivity contribution < 1.29 is 18.4 Å². The standard InChI is InChI=1S/C25H42O4Si2/c1-19-21(20-15-13-12-14-16-20)29-25(22(19)26,17-27-30(8,9)23(2,3)4)18-28-31(10,11)24(5,6)7/h12-16H,17-18H2,1-11H3. The third-order valence-electron chi connectivity index (χ3n) is 7.37. The van der Waals surface area contributed by atoms with Gasteiger partial charge in [0.05, 0.1) is 13.2 Å². The number of hydrogen-bond acceptors (Lipinski definition) is 4. The number of ketones is 1. The molecule has 0 bridgehead atoms. The molecule has 0 atom stereocenters. The lowest BCUT2D eigenvalue weighted by atomic mass is 9.97. The van der Waals surface area contributed by atoms with E-state index < -0.39 is 22.2 Å². The highest BCUT2D eigenvalue weighted by Gasteiger charge is 2.52. The number of hydrogen-bond donors (Lipinski definition) is 0. The fourth-order valence-electron chi connectivity index (χ4n) is 2.89. The van der Waals surface area contributed by atoms with Crippen LogP contribution < -0.4 is 0 Å². The summed E-state index contributed by atoms with van der Waals surface area (Å²) in [5.74, 6) is 0.618. The van der Waals surface area contributed by atoms with Gasteiger partial charge in [0.1, 0.15) is 5.76 Å². The zero-order valence-electron chi connectivity index (χ0n) is 21.4. The van der Waals surface area contributed by atoms with Crippen LogP contribution >= 0.6 is 0 Å². The fraction of sp³-hybridized carbons (Fsp3) is 0.640. The van der Waals surface area contributed by atoms with Gasteiger partial charge in [-0.25, -0.2) is 0 Å². The van der Waals surface area contributed by atoms with E-state index in [4.69, 9.17) is 13.6 Å². The summed E-state index contributed by atoms with van der Waals surface area (Å²) in [5, 5.41) is 0.0850. The van der Waals surface area contributed by atoms with Crippen molar-refractivity contribution in [3.63, 3.8) is 0 Å². The number of carbonyl (C=O) groups excluding carboxylic acids is 1. The Balaban J connectivity index is 2.39. The zero-order chi connectivity index (χ0) is 23.9. The van der Waals surface area contributed by atoms with Gasteiger partial charge in [0, 0.05) is 11.1 Å². The van der Waals surface area contributed by atoms with E-state index in [1.807, 2.05) is 37.3 Å². The monoisotopic (exact) mass is 462 g/mol. The Kier molecular flexibility index (Phi) is 7.24. The molecule has 2 rings (SSSR count). The number of ether oxygens (including phenoxy) is 1. The Hall–Kier alpha value is -1.22. The molecule has 0 N–H and O–H groups in total. The Morgan fingerprint density at radius 1 is 0.839 bits per heavy atom. The van der Waals surface area contributed by atoms with Crippen molar-refractivity contribution in [1.82, 2.24) is 0 Å². The van der Waals surface area contributed by atoms with E-state index in [-0.39, 0.29) is 29.1 Å². The number of carbonyl (C=O) groups is 1. The average molecular weight is 463 g/mol. The molecule has 1 aromatic carbocycles. The van der Waals surface area contributed by atoms with Crippen LogP contribution in [0.5, 0.6) is 0 Å². The Bertz CT molecular complexity index is 797. The Morgan fingerprint density at radius 3 is 1.65 bits per heavy atom. The molecule has 1 aromatic rings. The molecular weight excluding hydrogens is 420 g/mol.